The average molecular weight is 709 g/mol. The van der Waals surface area contributed by atoms with Crippen LogP contribution < -0.4 is 26.6 Å². The summed E-state index contributed by atoms with van der Waals surface area (Å²) in [5.74, 6) is -1.84. The summed E-state index contributed by atoms with van der Waals surface area (Å²) in [7, 11) is 0. The maximum absolute atomic E-state index is 13.1. The first-order valence-electron chi connectivity index (χ1n) is 15.8. The molecule has 0 saturated carbocycles. The number of carbonyl (C=O) groups excluding carboxylic acids is 5. The topological polar surface area (TPSA) is 219 Å². The first kappa shape index (κ1) is 35.0. The fourth-order valence-corrected chi connectivity index (χ4v) is 4.55. The first-order valence-corrected chi connectivity index (χ1v) is 15.8. The maximum atomic E-state index is 13.1. The van der Waals surface area contributed by atoms with E-state index in [4.69, 9.17) is 4.74 Å². The lowest BCUT2D eigenvalue weighted by Gasteiger charge is -2.10. The van der Waals surface area contributed by atoms with Crippen LogP contribution >= 0.6 is 0 Å². The minimum Gasteiger partial charge on any atom is -0.444 e. The third-order valence-electron chi connectivity index (χ3n) is 7.00. The van der Waals surface area contributed by atoms with Gasteiger partial charge in [0.1, 0.15) is 58.5 Å². The Morgan fingerprint density at radius 2 is 0.792 bits per heavy atom. The quantitative estimate of drug-likeness (QED) is 0.114. The van der Waals surface area contributed by atoms with Gasteiger partial charge in [-0.25, -0.2) is 29.7 Å². The Morgan fingerprint density at radius 3 is 1.21 bits per heavy atom. The van der Waals surface area contributed by atoms with Crippen molar-refractivity contribution in [3.63, 3.8) is 0 Å². The second kappa shape index (κ2) is 16.7. The van der Waals surface area contributed by atoms with E-state index in [0.717, 1.165) is 5.56 Å². The van der Waals surface area contributed by atoms with Crippen molar-refractivity contribution in [3.8, 4) is 0 Å². The van der Waals surface area contributed by atoms with Crippen LogP contribution in [-0.4, -0.2) is 54.6 Å². The molecule has 0 bridgehead atoms. The molecule has 16 heteroatoms. The average Bonchev–Trinajstić information content (AvgIpc) is 3.18. The number of ether oxygens (including phenoxy) is 1. The number of pyridine rings is 5. The molecule has 0 radical (unpaired) electrons. The zero-order chi connectivity index (χ0) is 37.0. The van der Waals surface area contributed by atoms with E-state index in [1.807, 2.05) is 30.3 Å². The molecule has 5 heterocycles. The van der Waals surface area contributed by atoms with Gasteiger partial charge in [-0.05, 0) is 66.2 Å². The molecular formula is C37H28N10O6. The Bertz CT molecular complexity index is 2290. The molecule has 0 aliphatic rings. The van der Waals surface area contributed by atoms with Gasteiger partial charge >= 0.3 is 6.09 Å². The number of benzene rings is 1. The highest BCUT2D eigenvalue weighted by Gasteiger charge is 2.16. The van der Waals surface area contributed by atoms with E-state index >= 15 is 0 Å². The lowest BCUT2D eigenvalue weighted by molar-refractivity contribution is 0.100. The predicted molar refractivity (Wildman–Crippen MR) is 193 cm³/mol. The number of rotatable bonds is 11. The second-order valence-electron chi connectivity index (χ2n) is 10.9. The molecule has 6 rings (SSSR count). The monoisotopic (exact) mass is 708 g/mol. The number of nitrogens with one attached hydrogen (secondary N) is 5. The Balaban J connectivity index is 1.03. The fourth-order valence-electron chi connectivity index (χ4n) is 4.55. The maximum Gasteiger partial charge on any atom is 0.413 e. The molecule has 5 amide bonds. The molecule has 53 heavy (non-hydrogen) atoms. The third kappa shape index (κ3) is 9.86. The van der Waals surface area contributed by atoms with Crippen molar-refractivity contribution in [1.29, 1.82) is 0 Å². The SMILES string of the molecule is O=C(Nc1cccc(C(=O)Nc2cccc(C(=O)Nc3cccc(C(=O)Nc4cccc(C(=O)Nc5ccccn5)n4)n3)n2)n1)OCc1ccccc1. The van der Waals surface area contributed by atoms with Crippen molar-refractivity contribution in [2.24, 2.45) is 0 Å². The first-order chi connectivity index (χ1) is 25.8. The summed E-state index contributed by atoms with van der Waals surface area (Å²) in [5.41, 5.74) is 0.718. The normalized spacial score (nSPS) is 10.3. The molecule has 0 saturated heterocycles. The Hall–Kier alpha value is -7.88. The minimum atomic E-state index is -0.745. The number of aromatic nitrogens is 5. The van der Waals surface area contributed by atoms with E-state index in [2.05, 4.69) is 51.5 Å². The minimum absolute atomic E-state index is 0.0310. The van der Waals surface area contributed by atoms with Crippen LogP contribution in [0.15, 0.2) is 128 Å². The number of carbonyl (C=O) groups is 5. The Morgan fingerprint density at radius 1 is 0.415 bits per heavy atom. The number of nitrogens with zero attached hydrogens (tertiary/aromatic N) is 5. The van der Waals surface area contributed by atoms with Gasteiger partial charge in [-0.15, -0.1) is 0 Å². The summed E-state index contributed by atoms with van der Waals surface area (Å²) in [5, 5.41) is 12.8. The van der Waals surface area contributed by atoms with Gasteiger partial charge in [0.05, 0.1) is 0 Å². The van der Waals surface area contributed by atoms with Gasteiger partial charge in [-0.3, -0.25) is 24.5 Å². The van der Waals surface area contributed by atoms with Crippen LogP contribution in [0.3, 0.4) is 0 Å². The lowest BCUT2D eigenvalue weighted by atomic mass is 10.2. The molecule has 0 aliphatic heterocycles. The molecule has 0 fully saturated rings. The third-order valence-corrected chi connectivity index (χ3v) is 7.00. The fraction of sp³-hybridized carbons (Fsp3) is 0.0270. The molecule has 0 spiro atoms. The van der Waals surface area contributed by atoms with Gasteiger partial charge in [0, 0.05) is 6.20 Å². The number of anilines is 5. The van der Waals surface area contributed by atoms with E-state index in [0.29, 0.717) is 5.82 Å². The van der Waals surface area contributed by atoms with Crippen LogP contribution in [0.1, 0.15) is 47.5 Å². The van der Waals surface area contributed by atoms with E-state index in [1.54, 1.807) is 24.3 Å². The Labute approximate surface area is 301 Å². The molecule has 5 aromatic heterocycles. The molecule has 16 nitrogen and oxygen atoms in total. The molecule has 0 atom stereocenters. The van der Waals surface area contributed by atoms with Gasteiger partial charge in [0.25, 0.3) is 23.6 Å². The van der Waals surface area contributed by atoms with Crippen molar-refractivity contribution in [3.05, 3.63) is 156 Å². The van der Waals surface area contributed by atoms with Gasteiger partial charge in [0.2, 0.25) is 0 Å². The standard InChI is InChI=1S/C37H28N10O6/c48-33(43-28-16-4-5-21-38-28)24-12-6-17-29(39-24)44-34(49)25-13-7-18-30(40-25)45-35(50)26-14-8-19-31(41-26)46-36(51)27-15-9-20-32(42-27)47-37(52)53-22-23-10-2-1-3-11-23/h1-21H,22H2,(H,38,43,48)(H,39,44,49)(H,40,45,50)(H,41,46,51)(H,42,47,52). The second-order valence-corrected chi connectivity index (χ2v) is 10.9. The summed E-state index contributed by atoms with van der Waals surface area (Å²) in [6.07, 6.45) is 0.790. The van der Waals surface area contributed by atoms with E-state index in [1.165, 1.54) is 72.9 Å². The summed E-state index contributed by atoms with van der Waals surface area (Å²) >= 11 is 0. The molecule has 0 unspecified atom stereocenters. The molecule has 1 aromatic carbocycles. The Kier molecular flexibility index (Phi) is 11.0. The van der Waals surface area contributed by atoms with Gasteiger partial charge < -0.3 is 26.0 Å². The summed E-state index contributed by atoms with van der Waals surface area (Å²) in [6.45, 7) is 0.0585. The number of hydrogen-bond donors (Lipinski definition) is 5. The van der Waals surface area contributed by atoms with Crippen molar-refractivity contribution in [1.82, 2.24) is 24.9 Å². The van der Waals surface area contributed by atoms with Gasteiger partial charge in [-0.1, -0.05) is 60.7 Å². The molecule has 5 N–H and O–H groups in total. The molecule has 6 aromatic rings. The zero-order valence-electron chi connectivity index (χ0n) is 27.5. The van der Waals surface area contributed by atoms with E-state index in [-0.39, 0.29) is 52.7 Å². The van der Waals surface area contributed by atoms with E-state index < -0.39 is 29.7 Å². The van der Waals surface area contributed by atoms with Crippen LogP contribution in [0.25, 0.3) is 0 Å². The number of amides is 5. The highest BCUT2D eigenvalue weighted by atomic mass is 16.5. The van der Waals surface area contributed by atoms with Gasteiger partial charge in [0.15, 0.2) is 0 Å². The van der Waals surface area contributed by atoms with E-state index in [9.17, 15) is 24.0 Å². The lowest BCUT2D eigenvalue weighted by Crippen LogP contribution is -2.20. The van der Waals surface area contributed by atoms with Crippen molar-refractivity contribution >= 4 is 58.8 Å². The van der Waals surface area contributed by atoms with Crippen LogP contribution in [-0.2, 0) is 11.3 Å². The highest BCUT2D eigenvalue weighted by Crippen LogP contribution is 2.14. The summed E-state index contributed by atoms with van der Waals surface area (Å²) < 4.78 is 5.20. The highest BCUT2D eigenvalue weighted by molar-refractivity contribution is 6.06. The summed E-state index contributed by atoms with van der Waals surface area (Å²) in [6, 6.07) is 32.1. The largest absolute Gasteiger partial charge is 0.444 e. The van der Waals surface area contributed by atoms with Crippen LogP contribution in [0.2, 0.25) is 0 Å². The zero-order valence-corrected chi connectivity index (χ0v) is 27.5. The van der Waals surface area contributed by atoms with Crippen LogP contribution in [0.4, 0.5) is 33.9 Å². The van der Waals surface area contributed by atoms with Gasteiger partial charge in [-0.2, -0.15) is 0 Å². The predicted octanol–water partition coefficient (Wildman–Crippen LogP) is 5.42. The smallest absolute Gasteiger partial charge is 0.413 e. The summed E-state index contributed by atoms with van der Waals surface area (Å²) in [4.78, 5) is 84.7. The number of hydrogen-bond acceptors (Lipinski definition) is 11. The van der Waals surface area contributed by atoms with Crippen LogP contribution in [0.5, 0.6) is 0 Å². The van der Waals surface area contributed by atoms with Crippen molar-refractivity contribution in [2.45, 2.75) is 6.61 Å². The molecular weight excluding hydrogens is 680 g/mol. The van der Waals surface area contributed by atoms with Crippen LogP contribution in [0, 0.1) is 0 Å². The molecule has 262 valence electrons. The molecule has 0 aliphatic carbocycles. The van der Waals surface area contributed by atoms with Crippen molar-refractivity contribution in [2.75, 3.05) is 26.6 Å². The van der Waals surface area contributed by atoms with Crippen molar-refractivity contribution < 1.29 is 28.7 Å².